The van der Waals surface area contributed by atoms with Crippen molar-refractivity contribution in [2.75, 3.05) is 16.8 Å². The number of carbonyl (C=O) groups excluding carboxylic acids is 1. The predicted octanol–water partition coefficient (Wildman–Crippen LogP) is 7.60. The average Bonchev–Trinajstić information content (AvgIpc) is 2.72. The minimum atomic E-state index is -0.555. The van der Waals surface area contributed by atoms with E-state index in [4.69, 9.17) is 34.8 Å². The highest BCUT2D eigenvalue weighted by Crippen LogP contribution is 2.42. The summed E-state index contributed by atoms with van der Waals surface area (Å²) in [5, 5.41) is 13.4. The molecule has 0 spiro atoms. The summed E-state index contributed by atoms with van der Waals surface area (Å²) in [6.07, 6.45) is 4.74. The van der Waals surface area contributed by atoms with Crippen LogP contribution in [0.1, 0.15) is 45.2 Å². The van der Waals surface area contributed by atoms with Crippen LogP contribution in [0.15, 0.2) is 42.0 Å². The van der Waals surface area contributed by atoms with E-state index >= 15 is 0 Å². The number of benzene rings is 2. The molecule has 0 bridgehead atoms. The van der Waals surface area contributed by atoms with Crippen molar-refractivity contribution >= 4 is 63.7 Å². The first-order valence-corrected chi connectivity index (χ1v) is 11.4. The summed E-state index contributed by atoms with van der Waals surface area (Å²) in [5.41, 5.74) is 4.07. The van der Waals surface area contributed by atoms with Crippen molar-refractivity contribution in [2.24, 2.45) is 0 Å². The molecule has 3 rings (SSSR count). The monoisotopic (exact) mass is 487 g/mol. The van der Waals surface area contributed by atoms with Crippen LogP contribution in [-0.2, 0) is 4.79 Å². The molecule has 1 heterocycles. The number of nitrogens with one attached hydrogen (secondary N) is 1. The van der Waals surface area contributed by atoms with Gasteiger partial charge in [0.05, 0.1) is 15.6 Å². The number of halogens is 3. The molecule has 1 N–H and O–H groups in total. The number of rotatable bonds is 5. The Morgan fingerprint density at radius 2 is 1.88 bits per heavy atom. The highest BCUT2D eigenvalue weighted by molar-refractivity contribution is 6.42. The summed E-state index contributed by atoms with van der Waals surface area (Å²) in [4.78, 5) is 15.0. The van der Waals surface area contributed by atoms with Crippen molar-refractivity contribution in [1.82, 2.24) is 0 Å². The summed E-state index contributed by atoms with van der Waals surface area (Å²) in [7, 11) is 0. The van der Waals surface area contributed by atoms with Gasteiger partial charge in [-0.2, -0.15) is 5.26 Å². The van der Waals surface area contributed by atoms with Crippen molar-refractivity contribution in [2.45, 2.75) is 39.7 Å². The fourth-order valence-electron chi connectivity index (χ4n) is 3.93. The number of fused-ring (bicyclic) bond motifs is 1. The lowest BCUT2D eigenvalue weighted by Crippen LogP contribution is -2.45. The molecule has 0 aromatic heterocycles. The van der Waals surface area contributed by atoms with Gasteiger partial charge in [0.15, 0.2) is 0 Å². The van der Waals surface area contributed by atoms with E-state index in [0.717, 1.165) is 29.8 Å². The lowest BCUT2D eigenvalue weighted by molar-refractivity contribution is -0.112. The summed E-state index contributed by atoms with van der Waals surface area (Å²) < 4.78 is 0. The lowest BCUT2D eigenvalue weighted by Gasteiger charge is -2.43. The third-order valence-electron chi connectivity index (χ3n) is 5.39. The van der Waals surface area contributed by atoms with Crippen LogP contribution in [0.2, 0.25) is 15.1 Å². The van der Waals surface area contributed by atoms with Crippen LogP contribution in [0.25, 0.3) is 11.6 Å². The van der Waals surface area contributed by atoms with Crippen LogP contribution in [-0.4, -0.2) is 18.0 Å². The van der Waals surface area contributed by atoms with Crippen LogP contribution in [0.3, 0.4) is 0 Å². The topological polar surface area (TPSA) is 56.1 Å². The van der Waals surface area contributed by atoms with Gasteiger partial charge in [0.1, 0.15) is 11.6 Å². The van der Waals surface area contributed by atoms with Gasteiger partial charge in [0.25, 0.3) is 5.91 Å². The van der Waals surface area contributed by atoms with E-state index in [-0.39, 0.29) is 11.1 Å². The Balaban J connectivity index is 1.98. The second-order valence-electron chi connectivity index (χ2n) is 8.28. The zero-order chi connectivity index (χ0) is 23.6. The molecule has 0 unspecified atom stereocenters. The Hall–Kier alpha value is -2.45. The molecule has 0 radical (unpaired) electrons. The molecule has 0 fully saturated rings. The maximum absolute atomic E-state index is 12.7. The van der Waals surface area contributed by atoms with Crippen molar-refractivity contribution in [3.8, 4) is 6.07 Å². The van der Waals surface area contributed by atoms with E-state index < -0.39 is 5.91 Å². The van der Waals surface area contributed by atoms with Gasteiger partial charge in [0.2, 0.25) is 0 Å². The van der Waals surface area contributed by atoms with Crippen LogP contribution in [0, 0.1) is 11.3 Å². The Bertz CT molecular complexity index is 1180. The van der Waals surface area contributed by atoms with Gasteiger partial charge in [-0.3, -0.25) is 4.79 Å². The third kappa shape index (κ3) is 4.96. The largest absolute Gasteiger partial charge is 0.362 e. The summed E-state index contributed by atoms with van der Waals surface area (Å²) in [5.74, 6) is -0.555. The van der Waals surface area contributed by atoms with Gasteiger partial charge in [0, 0.05) is 28.5 Å². The second kappa shape index (κ2) is 9.58. The number of carbonyl (C=O) groups is 1. The van der Waals surface area contributed by atoms with E-state index in [2.05, 4.69) is 44.0 Å². The zero-order valence-electron chi connectivity index (χ0n) is 18.4. The first kappa shape index (κ1) is 24.2. The number of nitrogens with zero attached hydrogens (tertiary/aromatic N) is 2. The molecule has 2 aromatic carbocycles. The molecule has 0 saturated carbocycles. The van der Waals surface area contributed by atoms with E-state index in [1.54, 1.807) is 12.1 Å². The Kier molecular flexibility index (Phi) is 7.25. The van der Waals surface area contributed by atoms with Crippen LogP contribution < -0.4 is 10.2 Å². The highest BCUT2D eigenvalue weighted by Gasteiger charge is 2.31. The highest BCUT2D eigenvalue weighted by atomic mass is 35.5. The summed E-state index contributed by atoms with van der Waals surface area (Å²) >= 11 is 18.5. The number of hydrogen-bond acceptors (Lipinski definition) is 3. The fourth-order valence-corrected chi connectivity index (χ4v) is 4.44. The van der Waals surface area contributed by atoms with Crippen molar-refractivity contribution in [1.29, 1.82) is 5.26 Å². The minimum Gasteiger partial charge on any atom is -0.362 e. The molecule has 0 atom stereocenters. The van der Waals surface area contributed by atoms with Crippen molar-refractivity contribution in [3.63, 3.8) is 0 Å². The molecule has 1 aliphatic heterocycles. The van der Waals surface area contributed by atoms with Crippen LogP contribution in [0.4, 0.5) is 11.4 Å². The van der Waals surface area contributed by atoms with Crippen LogP contribution >= 0.6 is 34.8 Å². The number of hydrogen-bond donors (Lipinski definition) is 1. The van der Waals surface area contributed by atoms with Gasteiger partial charge in [-0.05, 0) is 74.7 Å². The first-order chi connectivity index (χ1) is 15.1. The Labute approximate surface area is 204 Å². The molecule has 0 saturated heterocycles. The van der Waals surface area contributed by atoms with Crippen molar-refractivity contribution in [3.05, 3.63) is 68.2 Å². The predicted molar refractivity (Wildman–Crippen MR) is 136 cm³/mol. The zero-order valence-corrected chi connectivity index (χ0v) is 20.7. The Morgan fingerprint density at radius 3 is 2.50 bits per heavy atom. The van der Waals surface area contributed by atoms with E-state index in [0.29, 0.717) is 26.3 Å². The molecule has 1 amide bonds. The Morgan fingerprint density at radius 1 is 1.16 bits per heavy atom. The van der Waals surface area contributed by atoms with Gasteiger partial charge >= 0.3 is 0 Å². The standard InChI is InChI=1S/C25H24Cl3N3O/c1-5-8-31-23-12-21(27)16(10-19(23)15(2)13-25(31,3)4)9-17(14-29)24(32)30-18-6-7-20(26)22(28)11-18/h6-7,9-13H,5,8H2,1-4H3,(H,30,32)/b17-9+. The molecule has 4 nitrogen and oxygen atoms in total. The van der Waals surface area contributed by atoms with Gasteiger partial charge in [-0.25, -0.2) is 0 Å². The average molecular weight is 489 g/mol. The van der Waals surface area contributed by atoms with E-state index in [1.165, 1.54) is 12.1 Å². The van der Waals surface area contributed by atoms with Crippen molar-refractivity contribution < 1.29 is 4.79 Å². The molecule has 166 valence electrons. The molecule has 7 heteroatoms. The normalized spacial score (nSPS) is 15.0. The summed E-state index contributed by atoms with van der Waals surface area (Å²) in [6.45, 7) is 9.46. The quantitative estimate of drug-likeness (QED) is 0.348. The molecular weight excluding hydrogens is 465 g/mol. The van der Waals surface area contributed by atoms with Gasteiger partial charge < -0.3 is 10.2 Å². The van der Waals surface area contributed by atoms with E-state index in [9.17, 15) is 10.1 Å². The number of amides is 1. The smallest absolute Gasteiger partial charge is 0.266 e. The van der Waals surface area contributed by atoms with Crippen LogP contribution in [0.5, 0.6) is 0 Å². The van der Waals surface area contributed by atoms with E-state index in [1.807, 2.05) is 18.2 Å². The van der Waals surface area contributed by atoms with Gasteiger partial charge in [-0.15, -0.1) is 0 Å². The number of anilines is 2. The third-order valence-corrected chi connectivity index (χ3v) is 6.45. The fraction of sp³-hybridized carbons (Fsp3) is 0.280. The number of nitriles is 1. The first-order valence-electron chi connectivity index (χ1n) is 10.3. The maximum atomic E-state index is 12.7. The minimum absolute atomic E-state index is 0.0684. The second-order valence-corrected chi connectivity index (χ2v) is 9.50. The molecular formula is C25H24Cl3N3O. The molecule has 32 heavy (non-hydrogen) atoms. The number of allylic oxidation sites excluding steroid dienone is 1. The maximum Gasteiger partial charge on any atom is 0.266 e. The molecule has 0 aliphatic carbocycles. The molecule has 2 aromatic rings. The molecule has 1 aliphatic rings. The summed E-state index contributed by atoms with van der Waals surface area (Å²) in [6, 6.07) is 10.5. The SMILES string of the molecule is CCCN1c2cc(Cl)c(/C=C(\C#N)C(=O)Nc3ccc(Cl)c(Cl)c3)cc2C(C)=CC1(C)C. The lowest BCUT2D eigenvalue weighted by atomic mass is 9.87. The van der Waals surface area contributed by atoms with Gasteiger partial charge in [-0.1, -0.05) is 47.8 Å².